The van der Waals surface area contributed by atoms with Crippen molar-refractivity contribution < 1.29 is 9.53 Å². The van der Waals surface area contributed by atoms with E-state index in [0.29, 0.717) is 5.75 Å². The van der Waals surface area contributed by atoms with Gasteiger partial charge in [-0.05, 0) is 31.5 Å². The molecule has 0 fully saturated rings. The first-order valence-electron chi connectivity index (χ1n) is 4.02. The monoisotopic (exact) mass is 198 g/mol. The number of ether oxygens (including phenoxy) is 1. The summed E-state index contributed by atoms with van der Waals surface area (Å²) < 4.78 is 4.99. The SMILES string of the molecule is Cc1cccc(OC(=O)C(C)Cl)c1. The van der Waals surface area contributed by atoms with Gasteiger partial charge in [0.15, 0.2) is 0 Å². The van der Waals surface area contributed by atoms with Crippen molar-refractivity contribution in [2.24, 2.45) is 0 Å². The second kappa shape index (κ2) is 4.28. The summed E-state index contributed by atoms with van der Waals surface area (Å²) in [5.41, 5.74) is 1.05. The topological polar surface area (TPSA) is 26.3 Å². The maximum atomic E-state index is 11.1. The van der Waals surface area contributed by atoms with Crippen molar-refractivity contribution in [3.63, 3.8) is 0 Å². The van der Waals surface area contributed by atoms with Crippen LogP contribution in [0.3, 0.4) is 0 Å². The molecule has 0 aliphatic heterocycles. The minimum absolute atomic E-state index is 0.424. The molecule has 0 aliphatic carbocycles. The minimum atomic E-state index is -0.611. The summed E-state index contributed by atoms with van der Waals surface area (Å²) in [7, 11) is 0. The highest BCUT2D eigenvalue weighted by molar-refractivity contribution is 6.29. The molecular weight excluding hydrogens is 188 g/mol. The van der Waals surface area contributed by atoms with Gasteiger partial charge in [-0.1, -0.05) is 12.1 Å². The number of rotatable bonds is 2. The number of carbonyl (C=O) groups is 1. The van der Waals surface area contributed by atoms with Crippen molar-refractivity contribution >= 4 is 17.6 Å². The molecule has 0 aliphatic rings. The van der Waals surface area contributed by atoms with Crippen LogP contribution in [-0.2, 0) is 4.79 Å². The lowest BCUT2D eigenvalue weighted by atomic mass is 10.2. The fraction of sp³-hybridized carbons (Fsp3) is 0.300. The van der Waals surface area contributed by atoms with E-state index in [1.807, 2.05) is 19.1 Å². The van der Waals surface area contributed by atoms with E-state index in [0.717, 1.165) is 5.56 Å². The Hall–Kier alpha value is -1.02. The summed E-state index contributed by atoms with van der Waals surface area (Å²) >= 11 is 5.54. The molecule has 2 nitrogen and oxygen atoms in total. The van der Waals surface area contributed by atoms with Crippen molar-refractivity contribution in [3.8, 4) is 5.75 Å². The summed E-state index contributed by atoms with van der Waals surface area (Å²) in [5.74, 6) is 0.116. The molecule has 0 saturated carbocycles. The first-order valence-corrected chi connectivity index (χ1v) is 4.45. The van der Waals surface area contributed by atoms with Crippen molar-refractivity contribution in [1.29, 1.82) is 0 Å². The van der Waals surface area contributed by atoms with Crippen molar-refractivity contribution in [2.45, 2.75) is 19.2 Å². The molecule has 1 rings (SSSR count). The van der Waals surface area contributed by atoms with E-state index in [1.54, 1.807) is 19.1 Å². The highest BCUT2D eigenvalue weighted by atomic mass is 35.5. The molecular formula is C10H11ClO2. The number of alkyl halides is 1. The Kier molecular flexibility index (Phi) is 3.32. The van der Waals surface area contributed by atoms with Gasteiger partial charge in [0.25, 0.3) is 0 Å². The Morgan fingerprint density at radius 1 is 1.54 bits per heavy atom. The zero-order valence-corrected chi connectivity index (χ0v) is 8.34. The summed E-state index contributed by atoms with van der Waals surface area (Å²) in [5, 5.41) is -0.611. The molecule has 0 N–H and O–H groups in total. The highest BCUT2D eigenvalue weighted by Crippen LogP contribution is 2.13. The Balaban J connectivity index is 2.69. The third-order valence-corrected chi connectivity index (χ3v) is 1.71. The van der Waals surface area contributed by atoms with E-state index >= 15 is 0 Å². The van der Waals surface area contributed by atoms with Crippen LogP contribution >= 0.6 is 11.6 Å². The molecule has 13 heavy (non-hydrogen) atoms. The van der Waals surface area contributed by atoms with Gasteiger partial charge >= 0.3 is 5.97 Å². The lowest BCUT2D eigenvalue weighted by Gasteiger charge is -2.05. The third-order valence-electron chi connectivity index (χ3n) is 1.53. The average Bonchev–Trinajstić information content (AvgIpc) is 2.04. The van der Waals surface area contributed by atoms with Crippen LogP contribution < -0.4 is 4.74 Å². The van der Waals surface area contributed by atoms with Crippen LogP contribution in [0.25, 0.3) is 0 Å². The van der Waals surface area contributed by atoms with Crippen LogP contribution in [0.5, 0.6) is 5.75 Å². The Morgan fingerprint density at radius 2 is 2.23 bits per heavy atom. The molecule has 0 heterocycles. The summed E-state index contributed by atoms with van der Waals surface area (Å²) in [6.07, 6.45) is 0. The zero-order chi connectivity index (χ0) is 9.84. The number of hydrogen-bond acceptors (Lipinski definition) is 2. The van der Waals surface area contributed by atoms with Crippen LogP contribution in [0.15, 0.2) is 24.3 Å². The van der Waals surface area contributed by atoms with Gasteiger partial charge in [-0.25, -0.2) is 0 Å². The van der Waals surface area contributed by atoms with Gasteiger partial charge in [-0.2, -0.15) is 0 Å². The average molecular weight is 199 g/mol. The lowest BCUT2D eigenvalue weighted by molar-refractivity contribution is -0.133. The van der Waals surface area contributed by atoms with Crippen molar-refractivity contribution in [1.82, 2.24) is 0 Å². The van der Waals surface area contributed by atoms with Gasteiger partial charge in [0, 0.05) is 0 Å². The largest absolute Gasteiger partial charge is 0.425 e. The quantitative estimate of drug-likeness (QED) is 0.415. The number of halogens is 1. The predicted octanol–water partition coefficient (Wildman–Crippen LogP) is 2.53. The second-order valence-corrected chi connectivity index (χ2v) is 3.51. The predicted molar refractivity (Wildman–Crippen MR) is 52.1 cm³/mol. The molecule has 0 saturated heterocycles. The normalized spacial score (nSPS) is 12.2. The van der Waals surface area contributed by atoms with Crippen LogP contribution in [0.1, 0.15) is 12.5 Å². The molecule has 1 aromatic carbocycles. The number of carbonyl (C=O) groups excluding carboxylic acids is 1. The van der Waals surface area contributed by atoms with Crippen molar-refractivity contribution in [3.05, 3.63) is 29.8 Å². The maximum absolute atomic E-state index is 11.1. The van der Waals surface area contributed by atoms with Gasteiger partial charge in [-0.15, -0.1) is 11.6 Å². The maximum Gasteiger partial charge on any atom is 0.329 e. The zero-order valence-electron chi connectivity index (χ0n) is 7.58. The van der Waals surface area contributed by atoms with Crippen LogP contribution in [0, 0.1) is 6.92 Å². The molecule has 3 heteroatoms. The Labute approximate surface area is 82.5 Å². The fourth-order valence-corrected chi connectivity index (χ4v) is 0.921. The molecule has 0 radical (unpaired) electrons. The summed E-state index contributed by atoms with van der Waals surface area (Å²) in [4.78, 5) is 11.1. The minimum Gasteiger partial charge on any atom is -0.425 e. The van der Waals surface area contributed by atoms with Crippen molar-refractivity contribution in [2.75, 3.05) is 0 Å². The number of benzene rings is 1. The van der Waals surface area contributed by atoms with Crippen LogP contribution in [0.4, 0.5) is 0 Å². The van der Waals surface area contributed by atoms with E-state index < -0.39 is 11.3 Å². The van der Waals surface area contributed by atoms with E-state index in [-0.39, 0.29) is 0 Å². The standard InChI is InChI=1S/C10H11ClO2/c1-7-4-3-5-9(6-7)13-10(12)8(2)11/h3-6,8H,1-2H3. The lowest BCUT2D eigenvalue weighted by Crippen LogP contribution is -2.17. The third kappa shape index (κ3) is 3.07. The van der Waals surface area contributed by atoms with Gasteiger partial charge in [0.05, 0.1) is 0 Å². The Bertz CT molecular complexity index is 308. The summed E-state index contributed by atoms with van der Waals surface area (Å²) in [6.45, 7) is 3.52. The number of aryl methyl sites for hydroxylation is 1. The van der Waals surface area contributed by atoms with Gasteiger partial charge in [0.2, 0.25) is 0 Å². The molecule has 1 aromatic rings. The first-order chi connectivity index (χ1) is 6.09. The van der Waals surface area contributed by atoms with E-state index in [2.05, 4.69) is 0 Å². The highest BCUT2D eigenvalue weighted by Gasteiger charge is 2.11. The van der Waals surface area contributed by atoms with Gasteiger partial charge in [0.1, 0.15) is 11.1 Å². The fourth-order valence-electron chi connectivity index (χ4n) is 0.876. The number of hydrogen-bond donors (Lipinski definition) is 0. The second-order valence-electron chi connectivity index (χ2n) is 2.85. The van der Waals surface area contributed by atoms with Crippen LogP contribution in [0.2, 0.25) is 0 Å². The molecule has 0 amide bonds. The molecule has 0 spiro atoms. The van der Waals surface area contributed by atoms with E-state index in [4.69, 9.17) is 16.3 Å². The van der Waals surface area contributed by atoms with Gasteiger partial charge in [-0.3, -0.25) is 4.79 Å². The van der Waals surface area contributed by atoms with Crippen LogP contribution in [-0.4, -0.2) is 11.3 Å². The molecule has 1 unspecified atom stereocenters. The first kappa shape index (κ1) is 10.1. The summed E-state index contributed by atoms with van der Waals surface area (Å²) in [6, 6.07) is 7.28. The smallest absolute Gasteiger partial charge is 0.329 e. The molecule has 0 bridgehead atoms. The van der Waals surface area contributed by atoms with Gasteiger partial charge < -0.3 is 4.74 Å². The molecule has 1 atom stereocenters. The molecule has 0 aromatic heterocycles. The number of esters is 1. The molecule has 70 valence electrons. The Morgan fingerprint density at radius 3 is 2.77 bits per heavy atom. The van der Waals surface area contributed by atoms with E-state index in [9.17, 15) is 4.79 Å². The van der Waals surface area contributed by atoms with E-state index in [1.165, 1.54) is 0 Å².